The normalized spacial score (nSPS) is 14.4. The van der Waals surface area contributed by atoms with Gasteiger partial charge in [0.05, 0.1) is 10.5 Å². The molecular weight excluding hydrogens is 431 g/mol. The van der Waals surface area contributed by atoms with E-state index in [4.69, 9.17) is 0 Å². The van der Waals surface area contributed by atoms with Crippen molar-refractivity contribution < 1.29 is 32.4 Å². The average Bonchev–Trinajstić information content (AvgIpc) is 2.91. The predicted molar refractivity (Wildman–Crippen MR) is 108 cm³/mol. The van der Waals surface area contributed by atoms with Crippen LogP contribution in [0.1, 0.15) is 19.4 Å². The van der Waals surface area contributed by atoms with Crippen LogP contribution in [0, 0.1) is 16.0 Å². The SMILES string of the molecule is CC(C)CN1C(=O)C(Nc2cccc(OC(F)(F)F)c2)=C(c2ccc([N+](=O)[O-])cc2)C1=O. The number of carbonyl (C=O) groups excluding carboxylic acids is 2. The third kappa shape index (κ3) is 5.05. The van der Waals surface area contributed by atoms with Gasteiger partial charge >= 0.3 is 6.36 Å². The number of imide groups is 1. The number of carbonyl (C=O) groups is 2. The summed E-state index contributed by atoms with van der Waals surface area (Å²) in [5, 5.41) is 13.6. The molecule has 2 aromatic carbocycles. The Labute approximate surface area is 180 Å². The van der Waals surface area contributed by atoms with E-state index in [1.807, 2.05) is 13.8 Å². The summed E-state index contributed by atoms with van der Waals surface area (Å²) in [6.07, 6.45) is -4.89. The Morgan fingerprint density at radius 1 is 1.09 bits per heavy atom. The predicted octanol–water partition coefficient (Wildman–Crippen LogP) is 4.34. The average molecular weight is 449 g/mol. The second-order valence-corrected chi connectivity index (χ2v) is 7.37. The Morgan fingerprint density at radius 2 is 1.75 bits per heavy atom. The van der Waals surface area contributed by atoms with Crippen LogP contribution in [-0.4, -0.2) is 34.5 Å². The van der Waals surface area contributed by atoms with Crippen LogP contribution in [-0.2, 0) is 9.59 Å². The van der Waals surface area contributed by atoms with E-state index in [-0.39, 0.29) is 40.7 Å². The fourth-order valence-corrected chi connectivity index (χ4v) is 3.16. The Hall–Kier alpha value is -3.89. The largest absolute Gasteiger partial charge is 0.573 e. The molecule has 1 N–H and O–H groups in total. The molecule has 11 heteroatoms. The van der Waals surface area contributed by atoms with E-state index >= 15 is 0 Å². The summed E-state index contributed by atoms with van der Waals surface area (Å²) in [7, 11) is 0. The van der Waals surface area contributed by atoms with Gasteiger partial charge in [-0.3, -0.25) is 24.6 Å². The molecule has 32 heavy (non-hydrogen) atoms. The van der Waals surface area contributed by atoms with Crippen molar-refractivity contribution in [3.05, 3.63) is 69.9 Å². The zero-order chi connectivity index (χ0) is 23.6. The van der Waals surface area contributed by atoms with Gasteiger partial charge in [-0.1, -0.05) is 19.9 Å². The van der Waals surface area contributed by atoms with E-state index in [9.17, 15) is 32.9 Å². The van der Waals surface area contributed by atoms with Crippen LogP contribution in [0.4, 0.5) is 24.5 Å². The number of amides is 2. The minimum atomic E-state index is -4.89. The number of nitrogens with zero attached hydrogens (tertiary/aromatic N) is 2. The first kappa shape index (κ1) is 22.8. The molecule has 0 atom stereocenters. The molecule has 0 bridgehead atoms. The summed E-state index contributed by atoms with van der Waals surface area (Å²) in [5.41, 5.74) is -0.0304. The molecular formula is C21H18F3N3O5. The van der Waals surface area contributed by atoms with Gasteiger partial charge in [-0.15, -0.1) is 13.2 Å². The summed E-state index contributed by atoms with van der Waals surface area (Å²) >= 11 is 0. The number of nitro benzene ring substituents is 1. The van der Waals surface area contributed by atoms with Crippen LogP contribution in [0.15, 0.2) is 54.2 Å². The Balaban J connectivity index is 2.03. The highest BCUT2D eigenvalue weighted by atomic mass is 19.4. The van der Waals surface area contributed by atoms with Crippen molar-refractivity contribution in [1.29, 1.82) is 0 Å². The first-order chi connectivity index (χ1) is 15.0. The number of benzene rings is 2. The van der Waals surface area contributed by atoms with Gasteiger partial charge < -0.3 is 10.1 Å². The second kappa shape index (κ2) is 8.69. The molecule has 3 rings (SSSR count). The van der Waals surface area contributed by atoms with Crippen LogP contribution < -0.4 is 10.1 Å². The maximum atomic E-state index is 13.0. The fraction of sp³-hybridized carbons (Fsp3) is 0.238. The Kier molecular flexibility index (Phi) is 6.19. The molecule has 0 spiro atoms. The van der Waals surface area contributed by atoms with Gasteiger partial charge in [-0.2, -0.15) is 0 Å². The summed E-state index contributed by atoms with van der Waals surface area (Å²) in [6, 6.07) is 9.90. The third-order valence-corrected chi connectivity index (χ3v) is 4.42. The minimum absolute atomic E-state index is 0.0345. The summed E-state index contributed by atoms with van der Waals surface area (Å²) in [5.74, 6) is -1.80. The van der Waals surface area contributed by atoms with Crippen molar-refractivity contribution in [2.45, 2.75) is 20.2 Å². The minimum Gasteiger partial charge on any atom is -0.406 e. The van der Waals surface area contributed by atoms with Gasteiger partial charge in [-0.05, 0) is 35.7 Å². The maximum absolute atomic E-state index is 13.0. The number of anilines is 1. The lowest BCUT2D eigenvalue weighted by molar-refractivity contribution is -0.384. The number of nitro groups is 1. The number of nitrogens with one attached hydrogen (secondary N) is 1. The van der Waals surface area contributed by atoms with Crippen molar-refractivity contribution in [3.8, 4) is 5.75 Å². The summed E-state index contributed by atoms with van der Waals surface area (Å²) < 4.78 is 41.5. The van der Waals surface area contributed by atoms with Crippen molar-refractivity contribution in [3.63, 3.8) is 0 Å². The van der Waals surface area contributed by atoms with Crippen LogP contribution in [0.3, 0.4) is 0 Å². The quantitative estimate of drug-likeness (QED) is 0.383. The molecule has 0 unspecified atom stereocenters. The molecule has 0 aliphatic carbocycles. The zero-order valence-electron chi connectivity index (χ0n) is 17.0. The molecule has 0 radical (unpaired) electrons. The molecule has 2 amide bonds. The molecule has 1 aliphatic rings. The molecule has 2 aromatic rings. The van der Waals surface area contributed by atoms with E-state index in [0.717, 1.165) is 17.0 Å². The second-order valence-electron chi connectivity index (χ2n) is 7.37. The highest BCUT2D eigenvalue weighted by molar-refractivity contribution is 6.36. The highest BCUT2D eigenvalue weighted by Crippen LogP contribution is 2.33. The van der Waals surface area contributed by atoms with Crippen LogP contribution in [0.5, 0.6) is 5.75 Å². The lowest BCUT2D eigenvalue weighted by Crippen LogP contribution is -2.35. The molecule has 0 saturated heterocycles. The molecule has 0 fully saturated rings. The highest BCUT2D eigenvalue weighted by Gasteiger charge is 2.39. The van der Waals surface area contributed by atoms with E-state index in [2.05, 4.69) is 10.1 Å². The topological polar surface area (TPSA) is 102 Å². The van der Waals surface area contributed by atoms with Crippen LogP contribution >= 0.6 is 0 Å². The maximum Gasteiger partial charge on any atom is 0.573 e. The Morgan fingerprint density at radius 3 is 2.31 bits per heavy atom. The molecule has 168 valence electrons. The van der Waals surface area contributed by atoms with Gasteiger partial charge in [-0.25, -0.2) is 0 Å². The number of alkyl halides is 3. The monoisotopic (exact) mass is 449 g/mol. The molecule has 0 saturated carbocycles. The first-order valence-corrected chi connectivity index (χ1v) is 9.44. The van der Waals surface area contributed by atoms with E-state index < -0.39 is 28.8 Å². The molecule has 8 nitrogen and oxygen atoms in total. The number of hydrogen-bond acceptors (Lipinski definition) is 6. The zero-order valence-corrected chi connectivity index (χ0v) is 17.0. The van der Waals surface area contributed by atoms with Crippen molar-refractivity contribution in [2.24, 2.45) is 5.92 Å². The number of hydrogen-bond donors (Lipinski definition) is 1. The third-order valence-electron chi connectivity index (χ3n) is 4.42. The molecule has 1 aliphatic heterocycles. The number of halogens is 3. The summed E-state index contributed by atoms with van der Waals surface area (Å²) in [4.78, 5) is 37.4. The van der Waals surface area contributed by atoms with Gasteiger partial charge in [0.25, 0.3) is 17.5 Å². The summed E-state index contributed by atoms with van der Waals surface area (Å²) in [6.45, 7) is 3.75. The standard InChI is InChI=1S/C21H18F3N3O5/c1-12(2)11-26-19(28)17(13-6-8-15(9-7-13)27(30)31)18(20(26)29)25-14-4-3-5-16(10-14)32-21(22,23)24/h3-10,12,25H,11H2,1-2H3. The lowest BCUT2D eigenvalue weighted by atomic mass is 10.0. The van der Waals surface area contributed by atoms with Gasteiger partial charge in [0.2, 0.25) is 0 Å². The van der Waals surface area contributed by atoms with Crippen molar-refractivity contribution in [2.75, 3.05) is 11.9 Å². The fourth-order valence-electron chi connectivity index (χ4n) is 3.16. The molecule has 1 heterocycles. The van der Waals surface area contributed by atoms with Gasteiger partial charge in [0.15, 0.2) is 0 Å². The smallest absolute Gasteiger partial charge is 0.406 e. The van der Waals surface area contributed by atoms with E-state index in [1.54, 1.807) is 0 Å². The van der Waals surface area contributed by atoms with Crippen LogP contribution in [0.2, 0.25) is 0 Å². The van der Waals surface area contributed by atoms with E-state index in [1.165, 1.54) is 36.4 Å². The number of ether oxygens (including phenoxy) is 1. The molecule has 0 aromatic heterocycles. The first-order valence-electron chi connectivity index (χ1n) is 9.44. The van der Waals surface area contributed by atoms with E-state index in [0.29, 0.717) is 0 Å². The Bertz CT molecular complexity index is 1090. The van der Waals surface area contributed by atoms with Crippen molar-refractivity contribution >= 4 is 28.8 Å². The lowest BCUT2D eigenvalue weighted by Gasteiger charge is -2.17. The number of rotatable bonds is 7. The van der Waals surface area contributed by atoms with Gasteiger partial charge in [0.1, 0.15) is 11.4 Å². The van der Waals surface area contributed by atoms with Gasteiger partial charge in [0, 0.05) is 30.4 Å². The van der Waals surface area contributed by atoms with Crippen molar-refractivity contribution in [1.82, 2.24) is 4.90 Å². The number of non-ortho nitro benzene ring substituents is 1. The van der Waals surface area contributed by atoms with Crippen LogP contribution in [0.25, 0.3) is 5.57 Å².